The van der Waals surface area contributed by atoms with E-state index in [1.165, 1.54) is 5.56 Å². The number of piperazine rings is 1. The SMILES string of the molecule is CCNC(=O)CN=C(NCC)N1CCN(CC=Cc2ccccc2)CC1.I. The van der Waals surface area contributed by atoms with Crippen LogP contribution < -0.4 is 10.6 Å². The molecule has 0 aliphatic carbocycles. The van der Waals surface area contributed by atoms with Gasteiger partial charge in [0, 0.05) is 45.8 Å². The van der Waals surface area contributed by atoms with Crippen molar-refractivity contribution in [3.8, 4) is 0 Å². The Morgan fingerprint density at radius 3 is 2.37 bits per heavy atom. The van der Waals surface area contributed by atoms with E-state index in [1.54, 1.807) is 0 Å². The van der Waals surface area contributed by atoms with Crippen molar-refractivity contribution in [2.45, 2.75) is 13.8 Å². The highest BCUT2D eigenvalue weighted by Crippen LogP contribution is 2.05. The van der Waals surface area contributed by atoms with Crippen molar-refractivity contribution in [1.29, 1.82) is 0 Å². The number of nitrogens with one attached hydrogen (secondary N) is 2. The van der Waals surface area contributed by atoms with Gasteiger partial charge in [0.2, 0.25) is 5.91 Å². The number of guanidine groups is 1. The highest BCUT2D eigenvalue weighted by molar-refractivity contribution is 14.0. The molecule has 1 aromatic carbocycles. The van der Waals surface area contributed by atoms with Gasteiger partial charge in [-0.15, -0.1) is 24.0 Å². The summed E-state index contributed by atoms with van der Waals surface area (Å²) in [5.41, 5.74) is 1.23. The number of likely N-dealkylation sites (N-methyl/N-ethyl adjacent to an activating group) is 1. The standard InChI is InChI=1S/C20H31N5O.HI/c1-3-21-19(26)17-23-20(22-4-2)25-15-13-24(14-16-25)12-8-11-18-9-6-5-7-10-18;/h5-11H,3-4,12-17H2,1-2H3,(H,21,26)(H,22,23);1H. The second kappa shape index (κ2) is 13.5. The number of carbonyl (C=O) groups is 1. The number of carbonyl (C=O) groups excluding carboxylic acids is 1. The molecule has 7 heteroatoms. The van der Waals surface area contributed by atoms with E-state index in [1.807, 2.05) is 19.9 Å². The van der Waals surface area contributed by atoms with Crippen LogP contribution in [0.15, 0.2) is 41.4 Å². The van der Waals surface area contributed by atoms with Crippen LogP contribution in [0.3, 0.4) is 0 Å². The highest BCUT2D eigenvalue weighted by Gasteiger charge is 2.18. The number of amides is 1. The van der Waals surface area contributed by atoms with Gasteiger partial charge < -0.3 is 15.5 Å². The fraction of sp³-hybridized carbons (Fsp3) is 0.500. The molecule has 1 fully saturated rings. The summed E-state index contributed by atoms with van der Waals surface area (Å²) in [6, 6.07) is 10.4. The summed E-state index contributed by atoms with van der Waals surface area (Å²) < 4.78 is 0. The van der Waals surface area contributed by atoms with E-state index in [0.29, 0.717) is 6.54 Å². The largest absolute Gasteiger partial charge is 0.357 e. The zero-order valence-corrected chi connectivity index (χ0v) is 18.7. The Morgan fingerprint density at radius 1 is 1.07 bits per heavy atom. The predicted molar refractivity (Wildman–Crippen MR) is 124 cm³/mol. The number of nitrogens with zero attached hydrogens (tertiary/aromatic N) is 3. The molecule has 2 rings (SSSR count). The Hall–Kier alpha value is -1.61. The Balaban J connectivity index is 0.00000364. The quantitative estimate of drug-likeness (QED) is 0.353. The smallest absolute Gasteiger partial charge is 0.241 e. The summed E-state index contributed by atoms with van der Waals surface area (Å²) in [6.07, 6.45) is 4.39. The third-order valence-electron chi connectivity index (χ3n) is 4.23. The van der Waals surface area contributed by atoms with Crippen LogP contribution in [-0.2, 0) is 4.79 Å². The van der Waals surface area contributed by atoms with Crippen LogP contribution in [0.25, 0.3) is 6.08 Å². The Morgan fingerprint density at radius 2 is 1.74 bits per heavy atom. The first-order valence-corrected chi connectivity index (χ1v) is 9.46. The molecule has 0 spiro atoms. The van der Waals surface area contributed by atoms with Crippen LogP contribution in [-0.4, -0.2) is 74.0 Å². The normalized spacial score (nSPS) is 15.5. The van der Waals surface area contributed by atoms with Gasteiger partial charge in [-0.25, -0.2) is 4.99 Å². The van der Waals surface area contributed by atoms with E-state index in [9.17, 15) is 4.79 Å². The summed E-state index contributed by atoms with van der Waals surface area (Å²) in [5, 5.41) is 6.07. The molecule has 0 unspecified atom stereocenters. The zero-order valence-electron chi connectivity index (χ0n) is 16.4. The molecule has 1 aromatic rings. The molecule has 0 saturated carbocycles. The number of halogens is 1. The van der Waals surface area contributed by atoms with E-state index >= 15 is 0 Å². The molecule has 0 aromatic heterocycles. The molecule has 0 atom stereocenters. The minimum Gasteiger partial charge on any atom is -0.357 e. The lowest BCUT2D eigenvalue weighted by Crippen LogP contribution is -2.52. The van der Waals surface area contributed by atoms with Gasteiger partial charge in [-0.1, -0.05) is 42.5 Å². The third kappa shape index (κ3) is 8.75. The fourth-order valence-corrected chi connectivity index (χ4v) is 2.87. The lowest BCUT2D eigenvalue weighted by atomic mass is 10.2. The number of rotatable bonds is 7. The molecule has 1 saturated heterocycles. The Labute approximate surface area is 180 Å². The van der Waals surface area contributed by atoms with Crippen molar-refractivity contribution >= 4 is 41.9 Å². The van der Waals surface area contributed by atoms with E-state index in [4.69, 9.17) is 0 Å². The summed E-state index contributed by atoms with van der Waals surface area (Å²) >= 11 is 0. The summed E-state index contributed by atoms with van der Waals surface area (Å²) in [4.78, 5) is 20.8. The van der Waals surface area contributed by atoms with Crippen LogP contribution in [0, 0.1) is 0 Å². The zero-order chi connectivity index (χ0) is 18.6. The van der Waals surface area contributed by atoms with Crippen molar-refractivity contribution in [3.05, 3.63) is 42.0 Å². The molecule has 1 amide bonds. The van der Waals surface area contributed by atoms with Gasteiger partial charge in [0.15, 0.2) is 5.96 Å². The topological polar surface area (TPSA) is 60.0 Å². The van der Waals surface area contributed by atoms with Crippen molar-refractivity contribution in [3.63, 3.8) is 0 Å². The van der Waals surface area contributed by atoms with E-state index in [0.717, 1.165) is 45.2 Å². The second-order valence-electron chi connectivity index (χ2n) is 6.22. The van der Waals surface area contributed by atoms with Crippen LogP contribution in [0.1, 0.15) is 19.4 Å². The first-order valence-electron chi connectivity index (χ1n) is 9.46. The molecule has 2 N–H and O–H groups in total. The first-order chi connectivity index (χ1) is 12.7. The highest BCUT2D eigenvalue weighted by atomic mass is 127. The lowest BCUT2D eigenvalue weighted by Gasteiger charge is -2.36. The van der Waals surface area contributed by atoms with E-state index in [2.05, 4.69) is 61.8 Å². The predicted octanol–water partition coefficient (Wildman–Crippen LogP) is 2.04. The van der Waals surface area contributed by atoms with E-state index in [-0.39, 0.29) is 36.4 Å². The van der Waals surface area contributed by atoms with Crippen molar-refractivity contribution in [2.24, 2.45) is 4.99 Å². The van der Waals surface area contributed by atoms with Crippen LogP contribution >= 0.6 is 24.0 Å². The molecule has 1 heterocycles. The molecular weight excluding hydrogens is 453 g/mol. The lowest BCUT2D eigenvalue weighted by molar-refractivity contribution is -0.119. The number of hydrogen-bond acceptors (Lipinski definition) is 3. The van der Waals surface area contributed by atoms with E-state index < -0.39 is 0 Å². The number of benzene rings is 1. The maximum absolute atomic E-state index is 11.6. The average molecular weight is 485 g/mol. The minimum atomic E-state index is -0.0346. The summed E-state index contributed by atoms with van der Waals surface area (Å²) in [7, 11) is 0. The van der Waals surface area contributed by atoms with Gasteiger partial charge in [-0.3, -0.25) is 9.69 Å². The molecule has 0 bridgehead atoms. The molecule has 1 aliphatic heterocycles. The van der Waals surface area contributed by atoms with Gasteiger partial charge in [-0.2, -0.15) is 0 Å². The van der Waals surface area contributed by atoms with Crippen molar-refractivity contribution in [1.82, 2.24) is 20.4 Å². The third-order valence-corrected chi connectivity index (χ3v) is 4.23. The molecule has 1 aliphatic rings. The maximum atomic E-state index is 11.6. The van der Waals surface area contributed by atoms with Crippen LogP contribution in [0.5, 0.6) is 0 Å². The average Bonchev–Trinajstić information content (AvgIpc) is 2.67. The molecular formula is C20H32IN5O. The van der Waals surface area contributed by atoms with Gasteiger partial charge in [0.25, 0.3) is 0 Å². The second-order valence-corrected chi connectivity index (χ2v) is 6.22. The monoisotopic (exact) mass is 485 g/mol. The molecule has 0 radical (unpaired) electrons. The maximum Gasteiger partial charge on any atom is 0.241 e. The van der Waals surface area contributed by atoms with Gasteiger partial charge in [0.1, 0.15) is 6.54 Å². The van der Waals surface area contributed by atoms with Gasteiger partial charge in [0.05, 0.1) is 0 Å². The van der Waals surface area contributed by atoms with Crippen molar-refractivity contribution < 1.29 is 4.79 Å². The number of hydrogen-bond donors (Lipinski definition) is 2. The Bertz CT molecular complexity index is 598. The molecule has 27 heavy (non-hydrogen) atoms. The minimum absolute atomic E-state index is 0. The van der Waals surface area contributed by atoms with Gasteiger partial charge >= 0.3 is 0 Å². The van der Waals surface area contributed by atoms with Crippen molar-refractivity contribution in [2.75, 3.05) is 52.4 Å². The molecule has 150 valence electrons. The fourth-order valence-electron chi connectivity index (χ4n) is 2.87. The first kappa shape index (κ1) is 23.4. The molecule has 6 nitrogen and oxygen atoms in total. The Kier molecular flexibility index (Phi) is 11.8. The summed E-state index contributed by atoms with van der Waals surface area (Å²) in [6.45, 7) is 10.3. The van der Waals surface area contributed by atoms with Crippen LogP contribution in [0.2, 0.25) is 0 Å². The van der Waals surface area contributed by atoms with Crippen LogP contribution in [0.4, 0.5) is 0 Å². The van der Waals surface area contributed by atoms with Gasteiger partial charge in [-0.05, 0) is 19.4 Å². The summed E-state index contributed by atoms with van der Waals surface area (Å²) in [5.74, 6) is 0.797. The number of aliphatic imine (C=N–C) groups is 1.